The third kappa shape index (κ3) is 3.20. The van der Waals surface area contributed by atoms with Gasteiger partial charge in [-0.15, -0.1) is 0 Å². The Balaban J connectivity index is 2.21. The van der Waals surface area contributed by atoms with E-state index in [-0.39, 0.29) is 4.90 Å². The fourth-order valence-corrected chi connectivity index (χ4v) is 2.96. The molecule has 2 rings (SSSR count). The van der Waals surface area contributed by atoms with E-state index in [2.05, 4.69) is 15.1 Å². The van der Waals surface area contributed by atoms with Crippen LogP contribution >= 0.6 is 0 Å². The highest BCUT2D eigenvalue weighted by Crippen LogP contribution is 2.17. The van der Waals surface area contributed by atoms with Gasteiger partial charge in [0.1, 0.15) is 4.90 Å². The Morgan fingerprint density at radius 2 is 2.05 bits per heavy atom. The number of sulfonamides is 1. The predicted molar refractivity (Wildman–Crippen MR) is 76.8 cm³/mol. The first-order chi connectivity index (χ1) is 9.42. The molecule has 2 N–H and O–H groups in total. The molecule has 0 bridgehead atoms. The molecule has 0 saturated heterocycles. The van der Waals surface area contributed by atoms with Gasteiger partial charge in [-0.25, -0.2) is 8.42 Å². The van der Waals surface area contributed by atoms with Crippen LogP contribution in [0.5, 0.6) is 0 Å². The van der Waals surface area contributed by atoms with Crippen LogP contribution in [0, 0.1) is 0 Å². The van der Waals surface area contributed by atoms with Crippen LogP contribution in [0.4, 0.5) is 5.69 Å². The molecule has 0 amide bonds. The van der Waals surface area contributed by atoms with Crippen LogP contribution in [0.25, 0.3) is 0 Å². The van der Waals surface area contributed by atoms with Crippen molar-refractivity contribution in [1.82, 2.24) is 19.7 Å². The van der Waals surface area contributed by atoms with Crippen molar-refractivity contribution < 1.29 is 8.42 Å². The minimum atomic E-state index is -3.58. The Labute approximate surface area is 118 Å². The van der Waals surface area contributed by atoms with Gasteiger partial charge in [-0.3, -0.25) is 9.40 Å². The predicted octanol–water partition coefficient (Wildman–Crippen LogP) is 0.669. The second kappa shape index (κ2) is 5.68. The topological polar surface area (TPSA) is 81.0 Å². The zero-order valence-electron chi connectivity index (χ0n) is 11.8. The van der Waals surface area contributed by atoms with Gasteiger partial charge in [0.25, 0.3) is 10.0 Å². The maximum Gasteiger partial charge on any atom is 0.263 e. The van der Waals surface area contributed by atoms with Gasteiger partial charge >= 0.3 is 0 Å². The van der Waals surface area contributed by atoms with E-state index in [9.17, 15) is 8.42 Å². The summed E-state index contributed by atoms with van der Waals surface area (Å²) < 4.78 is 30.4. The summed E-state index contributed by atoms with van der Waals surface area (Å²) >= 11 is 0. The summed E-state index contributed by atoms with van der Waals surface area (Å²) in [5.74, 6) is 0. The van der Waals surface area contributed by atoms with Crippen molar-refractivity contribution >= 4 is 15.7 Å². The van der Waals surface area contributed by atoms with Crippen molar-refractivity contribution in [2.75, 3.05) is 11.3 Å². The monoisotopic (exact) mass is 297 g/mol. The molecule has 2 heterocycles. The van der Waals surface area contributed by atoms with Gasteiger partial charge in [0.05, 0.1) is 11.9 Å². The third-order valence-electron chi connectivity index (χ3n) is 2.91. The van der Waals surface area contributed by atoms with Crippen LogP contribution in [-0.4, -0.2) is 29.3 Å². The summed E-state index contributed by atoms with van der Waals surface area (Å²) in [5, 5.41) is 7.11. The minimum absolute atomic E-state index is 0.247. The second-order valence-electron chi connectivity index (χ2n) is 4.57. The van der Waals surface area contributed by atoms with Crippen LogP contribution in [0.1, 0.15) is 12.6 Å². The summed E-state index contributed by atoms with van der Waals surface area (Å²) in [6, 6.07) is 1.67. The van der Waals surface area contributed by atoms with Crippen molar-refractivity contribution in [3.05, 3.63) is 30.4 Å². The number of anilines is 1. The molecule has 0 aliphatic rings. The summed E-state index contributed by atoms with van der Waals surface area (Å²) in [6.45, 7) is 3.47. The summed E-state index contributed by atoms with van der Waals surface area (Å²) in [7, 11) is -0.0185. The van der Waals surface area contributed by atoms with Gasteiger partial charge in [0, 0.05) is 38.7 Å². The molecule has 2 aromatic rings. The molecular formula is C12H19N5O2S. The average molecular weight is 297 g/mol. The molecule has 20 heavy (non-hydrogen) atoms. The zero-order valence-corrected chi connectivity index (χ0v) is 12.6. The number of hydrogen-bond donors (Lipinski definition) is 2. The quantitative estimate of drug-likeness (QED) is 0.821. The Bertz CT molecular complexity index is 687. The Morgan fingerprint density at radius 3 is 2.65 bits per heavy atom. The summed E-state index contributed by atoms with van der Waals surface area (Å²) in [5.41, 5.74) is 1.36. The van der Waals surface area contributed by atoms with Crippen molar-refractivity contribution in [3.63, 3.8) is 0 Å². The van der Waals surface area contributed by atoms with E-state index in [1.807, 2.05) is 14.0 Å². The molecular weight excluding hydrogens is 278 g/mol. The summed E-state index contributed by atoms with van der Waals surface area (Å²) in [4.78, 5) is 0.247. The largest absolute Gasteiger partial charge is 0.352 e. The first kappa shape index (κ1) is 14.6. The highest BCUT2D eigenvalue weighted by Gasteiger charge is 2.18. The Hall–Kier alpha value is -1.80. The standard InChI is InChI=1S/C12H19N5O2S/c1-4-13-7-11-5-12(9-16(11)2)20(18,19)15-10-6-14-17(3)8-10/h5-6,8-9,13,15H,4,7H2,1-3H3. The van der Waals surface area contributed by atoms with Gasteiger partial charge in [-0.05, 0) is 12.6 Å². The number of nitrogens with one attached hydrogen (secondary N) is 2. The zero-order chi connectivity index (χ0) is 14.8. The van der Waals surface area contributed by atoms with Gasteiger partial charge < -0.3 is 9.88 Å². The molecule has 0 spiro atoms. The van der Waals surface area contributed by atoms with E-state index in [1.54, 1.807) is 34.8 Å². The number of aryl methyl sites for hydroxylation is 2. The van der Waals surface area contributed by atoms with Crippen molar-refractivity contribution in [1.29, 1.82) is 0 Å². The lowest BCUT2D eigenvalue weighted by molar-refractivity contribution is 0.601. The lowest BCUT2D eigenvalue weighted by atomic mass is 10.4. The highest BCUT2D eigenvalue weighted by atomic mass is 32.2. The molecule has 0 atom stereocenters. The van der Waals surface area contributed by atoms with E-state index in [0.717, 1.165) is 12.2 Å². The number of nitrogens with zero attached hydrogens (tertiary/aromatic N) is 3. The van der Waals surface area contributed by atoms with E-state index in [1.165, 1.54) is 6.20 Å². The van der Waals surface area contributed by atoms with Crippen LogP contribution in [0.2, 0.25) is 0 Å². The molecule has 0 aliphatic carbocycles. The fourth-order valence-electron chi connectivity index (χ4n) is 1.84. The maximum atomic E-state index is 12.3. The normalized spacial score (nSPS) is 11.8. The van der Waals surface area contributed by atoms with Crippen LogP contribution in [0.3, 0.4) is 0 Å². The van der Waals surface area contributed by atoms with Gasteiger partial charge in [-0.1, -0.05) is 6.92 Å². The number of hydrogen-bond acceptors (Lipinski definition) is 4. The lowest BCUT2D eigenvalue weighted by Crippen LogP contribution is -2.14. The second-order valence-corrected chi connectivity index (χ2v) is 6.25. The molecule has 0 aliphatic heterocycles. The molecule has 2 aromatic heterocycles. The molecule has 0 saturated carbocycles. The molecule has 0 aromatic carbocycles. The van der Waals surface area contributed by atoms with Gasteiger partial charge in [-0.2, -0.15) is 5.10 Å². The van der Waals surface area contributed by atoms with Crippen molar-refractivity contribution in [2.24, 2.45) is 14.1 Å². The molecule has 0 unspecified atom stereocenters. The van der Waals surface area contributed by atoms with E-state index in [4.69, 9.17) is 0 Å². The van der Waals surface area contributed by atoms with Crippen molar-refractivity contribution in [3.8, 4) is 0 Å². The molecule has 0 radical (unpaired) electrons. The highest BCUT2D eigenvalue weighted by molar-refractivity contribution is 7.92. The van der Waals surface area contributed by atoms with Crippen LogP contribution < -0.4 is 10.0 Å². The molecule has 8 heteroatoms. The third-order valence-corrected chi connectivity index (χ3v) is 4.25. The van der Waals surface area contributed by atoms with Crippen LogP contribution in [0.15, 0.2) is 29.6 Å². The smallest absolute Gasteiger partial charge is 0.263 e. The van der Waals surface area contributed by atoms with Crippen LogP contribution in [-0.2, 0) is 30.7 Å². The SMILES string of the molecule is CCNCc1cc(S(=O)(=O)Nc2cnn(C)c2)cn1C. The molecule has 0 fully saturated rings. The lowest BCUT2D eigenvalue weighted by Gasteiger charge is -2.02. The average Bonchev–Trinajstić information content (AvgIpc) is 2.93. The van der Waals surface area contributed by atoms with E-state index < -0.39 is 10.0 Å². The van der Waals surface area contributed by atoms with Gasteiger partial charge in [0.2, 0.25) is 0 Å². The van der Waals surface area contributed by atoms with E-state index >= 15 is 0 Å². The Kier molecular flexibility index (Phi) is 4.15. The number of rotatable bonds is 6. The fraction of sp³-hybridized carbons (Fsp3) is 0.417. The minimum Gasteiger partial charge on any atom is -0.352 e. The molecule has 7 nitrogen and oxygen atoms in total. The Morgan fingerprint density at radius 1 is 1.30 bits per heavy atom. The first-order valence-corrected chi connectivity index (χ1v) is 7.78. The van der Waals surface area contributed by atoms with Gasteiger partial charge in [0.15, 0.2) is 0 Å². The summed E-state index contributed by atoms with van der Waals surface area (Å²) in [6.07, 6.45) is 4.69. The maximum absolute atomic E-state index is 12.3. The van der Waals surface area contributed by atoms with E-state index in [0.29, 0.717) is 12.2 Å². The molecule has 110 valence electrons. The number of aromatic nitrogens is 3. The van der Waals surface area contributed by atoms with Crippen molar-refractivity contribution in [2.45, 2.75) is 18.4 Å². The first-order valence-electron chi connectivity index (χ1n) is 6.30.